The predicted molar refractivity (Wildman–Crippen MR) is 62.1 cm³/mol. The van der Waals surface area contributed by atoms with Crippen molar-refractivity contribution in [3.63, 3.8) is 0 Å². The minimum atomic E-state index is -1.63. The molecule has 1 amide bonds. The van der Waals surface area contributed by atoms with Crippen molar-refractivity contribution in [1.82, 2.24) is 4.90 Å². The molecule has 18 heavy (non-hydrogen) atoms. The molecule has 0 aromatic heterocycles. The van der Waals surface area contributed by atoms with Gasteiger partial charge in [-0.1, -0.05) is 0 Å². The highest BCUT2D eigenvalue weighted by atomic mass is 35.5. The zero-order valence-electron chi connectivity index (χ0n) is 9.33. The van der Waals surface area contributed by atoms with E-state index < -0.39 is 28.9 Å². The fourth-order valence-electron chi connectivity index (χ4n) is 1.83. The summed E-state index contributed by atoms with van der Waals surface area (Å²) in [6.45, 7) is 0.704. The van der Waals surface area contributed by atoms with Crippen molar-refractivity contribution >= 4 is 18.3 Å². The highest BCUT2D eigenvalue weighted by Crippen LogP contribution is 2.19. The van der Waals surface area contributed by atoms with Crippen LogP contribution in [0.3, 0.4) is 0 Å². The number of hydrogen-bond donors (Lipinski definition) is 1. The summed E-state index contributed by atoms with van der Waals surface area (Å²) in [7, 11) is 0. The molecule has 0 saturated carbocycles. The molecule has 1 saturated heterocycles. The maximum Gasteiger partial charge on any atom is 0.256 e. The van der Waals surface area contributed by atoms with Crippen LogP contribution in [-0.4, -0.2) is 29.9 Å². The van der Waals surface area contributed by atoms with Crippen LogP contribution in [0, 0.1) is 17.5 Å². The molecule has 100 valence electrons. The maximum atomic E-state index is 13.4. The monoisotopic (exact) mass is 280 g/mol. The number of nitrogens with zero attached hydrogens (tertiary/aromatic N) is 1. The summed E-state index contributed by atoms with van der Waals surface area (Å²) in [6.07, 6.45) is 0.622. The topological polar surface area (TPSA) is 46.3 Å². The van der Waals surface area contributed by atoms with E-state index in [1.807, 2.05) is 0 Å². The molecular formula is C11H12ClF3N2O. The average Bonchev–Trinajstić information content (AvgIpc) is 2.72. The van der Waals surface area contributed by atoms with Gasteiger partial charge in [-0.2, -0.15) is 0 Å². The van der Waals surface area contributed by atoms with Gasteiger partial charge in [-0.05, 0) is 18.6 Å². The lowest BCUT2D eigenvalue weighted by Crippen LogP contribution is -2.32. The molecule has 0 radical (unpaired) electrons. The number of benzene rings is 1. The Kier molecular flexibility index (Phi) is 4.59. The predicted octanol–water partition coefficient (Wildman–Crippen LogP) is 1.70. The van der Waals surface area contributed by atoms with E-state index in [2.05, 4.69) is 0 Å². The van der Waals surface area contributed by atoms with Gasteiger partial charge in [0, 0.05) is 19.1 Å². The first-order valence-corrected chi connectivity index (χ1v) is 5.19. The minimum Gasteiger partial charge on any atom is -0.337 e. The Hall–Kier alpha value is -1.27. The van der Waals surface area contributed by atoms with Crippen LogP contribution in [0.4, 0.5) is 13.2 Å². The number of likely N-dealkylation sites (tertiary alicyclic amines) is 1. The smallest absolute Gasteiger partial charge is 0.256 e. The number of nitrogens with two attached hydrogens (primary N) is 1. The number of halogens is 4. The highest BCUT2D eigenvalue weighted by molar-refractivity contribution is 5.94. The van der Waals surface area contributed by atoms with Crippen LogP contribution in [0.5, 0.6) is 0 Å². The second-order valence-corrected chi connectivity index (χ2v) is 4.02. The quantitative estimate of drug-likeness (QED) is 0.796. The molecule has 1 aromatic rings. The second kappa shape index (κ2) is 5.58. The Morgan fingerprint density at radius 2 is 1.94 bits per heavy atom. The van der Waals surface area contributed by atoms with Crippen molar-refractivity contribution in [2.45, 2.75) is 12.5 Å². The fourth-order valence-corrected chi connectivity index (χ4v) is 1.83. The van der Waals surface area contributed by atoms with Gasteiger partial charge in [0.25, 0.3) is 5.91 Å². The van der Waals surface area contributed by atoms with Crippen LogP contribution in [0.2, 0.25) is 0 Å². The molecule has 0 aliphatic carbocycles. The van der Waals surface area contributed by atoms with Gasteiger partial charge in [-0.15, -0.1) is 12.4 Å². The lowest BCUT2D eigenvalue weighted by atomic mass is 10.1. The second-order valence-electron chi connectivity index (χ2n) is 4.02. The molecule has 1 aliphatic heterocycles. The lowest BCUT2D eigenvalue weighted by molar-refractivity contribution is 0.0785. The molecule has 1 aliphatic rings. The molecule has 1 unspecified atom stereocenters. The molecule has 1 fully saturated rings. The van der Waals surface area contributed by atoms with Crippen molar-refractivity contribution in [2.24, 2.45) is 5.73 Å². The number of hydrogen-bond acceptors (Lipinski definition) is 2. The molecule has 2 N–H and O–H groups in total. The molecule has 1 heterocycles. The van der Waals surface area contributed by atoms with Crippen LogP contribution in [0.25, 0.3) is 0 Å². The van der Waals surface area contributed by atoms with Crippen LogP contribution in [0.1, 0.15) is 16.8 Å². The molecule has 7 heteroatoms. The SMILES string of the molecule is Cl.NC1CCN(C(=O)c2ccc(F)c(F)c2F)C1. The third-order valence-electron chi connectivity index (χ3n) is 2.78. The molecular weight excluding hydrogens is 269 g/mol. The van der Waals surface area contributed by atoms with Gasteiger partial charge in [-0.25, -0.2) is 13.2 Å². The number of rotatable bonds is 1. The van der Waals surface area contributed by atoms with Gasteiger partial charge in [0.15, 0.2) is 17.5 Å². The van der Waals surface area contributed by atoms with Gasteiger partial charge in [0.1, 0.15) is 0 Å². The summed E-state index contributed by atoms with van der Waals surface area (Å²) < 4.78 is 39.0. The lowest BCUT2D eigenvalue weighted by Gasteiger charge is -2.16. The molecule has 0 bridgehead atoms. The zero-order chi connectivity index (χ0) is 12.6. The van der Waals surface area contributed by atoms with Crippen LogP contribution in [-0.2, 0) is 0 Å². The third-order valence-corrected chi connectivity index (χ3v) is 2.78. The summed E-state index contributed by atoms with van der Waals surface area (Å²) in [5.74, 6) is -5.04. The normalized spacial score (nSPS) is 18.7. The summed E-state index contributed by atoms with van der Waals surface area (Å²) >= 11 is 0. The van der Waals surface area contributed by atoms with Gasteiger partial charge < -0.3 is 10.6 Å². The molecule has 2 rings (SSSR count). The molecule has 1 atom stereocenters. The summed E-state index contributed by atoms with van der Waals surface area (Å²) in [6, 6.07) is 1.54. The van der Waals surface area contributed by atoms with Crippen molar-refractivity contribution in [1.29, 1.82) is 0 Å². The Bertz CT molecular complexity index is 470. The van der Waals surface area contributed by atoms with E-state index in [-0.39, 0.29) is 18.4 Å². The third kappa shape index (κ3) is 2.59. The Labute approximate surface area is 108 Å². The highest BCUT2D eigenvalue weighted by Gasteiger charge is 2.28. The molecule has 3 nitrogen and oxygen atoms in total. The Morgan fingerprint density at radius 3 is 2.50 bits per heavy atom. The fraction of sp³-hybridized carbons (Fsp3) is 0.364. The molecule has 1 aromatic carbocycles. The minimum absolute atomic E-state index is 0. The first-order valence-electron chi connectivity index (χ1n) is 5.19. The van der Waals surface area contributed by atoms with E-state index in [1.54, 1.807) is 0 Å². The summed E-state index contributed by atoms with van der Waals surface area (Å²) in [5.41, 5.74) is 5.15. The average molecular weight is 281 g/mol. The Balaban J connectivity index is 0.00000162. The number of amides is 1. The Morgan fingerprint density at radius 1 is 1.28 bits per heavy atom. The van der Waals surface area contributed by atoms with Crippen LogP contribution >= 0.6 is 12.4 Å². The van der Waals surface area contributed by atoms with Crippen molar-refractivity contribution < 1.29 is 18.0 Å². The van der Waals surface area contributed by atoms with Crippen molar-refractivity contribution in [3.8, 4) is 0 Å². The molecule has 0 spiro atoms. The standard InChI is InChI=1S/C11H11F3N2O.ClH/c12-8-2-1-7(9(13)10(8)14)11(17)16-4-3-6(15)5-16;/h1-2,6H,3-5,15H2;1H. The van der Waals surface area contributed by atoms with E-state index in [0.717, 1.165) is 12.1 Å². The van der Waals surface area contributed by atoms with Crippen molar-refractivity contribution in [2.75, 3.05) is 13.1 Å². The van der Waals surface area contributed by atoms with E-state index >= 15 is 0 Å². The van der Waals surface area contributed by atoms with Gasteiger partial charge in [0.05, 0.1) is 5.56 Å². The van der Waals surface area contributed by atoms with Gasteiger partial charge >= 0.3 is 0 Å². The largest absolute Gasteiger partial charge is 0.337 e. The zero-order valence-corrected chi connectivity index (χ0v) is 10.1. The summed E-state index contributed by atoms with van der Waals surface area (Å²) in [5, 5.41) is 0. The van der Waals surface area contributed by atoms with E-state index in [1.165, 1.54) is 4.90 Å². The van der Waals surface area contributed by atoms with Gasteiger partial charge in [0.2, 0.25) is 0 Å². The van der Waals surface area contributed by atoms with Crippen LogP contribution in [0.15, 0.2) is 12.1 Å². The maximum absolute atomic E-state index is 13.4. The first-order chi connectivity index (χ1) is 8.00. The van der Waals surface area contributed by atoms with Crippen LogP contribution < -0.4 is 5.73 Å². The van der Waals surface area contributed by atoms with Crippen molar-refractivity contribution in [3.05, 3.63) is 35.1 Å². The summed E-state index contributed by atoms with van der Waals surface area (Å²) in [4.78, 5) is 13.2. The van der Waals surface area contributed by atoms with E-state index in [0.29, 0.717) is 19.5 Å². The number of carbonyl (C=O) groups excluding carboxylic acids is 1. The van der Waals surface area contributed by atoms with Gasteiger partial charge in [-0.3, -0.25) is 4.79 Å². The van der Waals surface area contributed by atoms with E-state index in [4.69, 9.17) is 5.73 Å². The first kappa shape index (κ1) is 14.8. The number of carbonyl (C=O) groups is 1. The van der Waals surface area contributed by atoms with E-state index in [9.17, 15) is 18.0 Å².